The van der Waals surface area contributed by atoms with Crippen molar-refractivity contribution in [3.05, 3.63) is 0 Å². The third-order valence-electron chi connectivity index (χ3n) is 2.31. The Labute approximate surface area is 63.4 Å². The molecule has 1 atom stereocenters. The highest BCUT2D eigenvalue weighted by Gasteiger charge is 2.11. The van der Waals surface area contributed by atoms with Crippen molar-refractivity contribution in [1.82, 2.24) is 4.90 Å². The van der Waals surface area contributed by atoms with Crippen molar-refractivity contribution in [1.29, 1.82) is 0 Å². The van der Waals surface area contributed by atoms with Crippen LogP contribution in [0.3, 0.4) is 0 Å². The van der Waals surface area contributed by atoms with Crippen LogP contribution in [0.15, 0.2) is 0 Å². The van der Waals surface area contributed by atoms with E-state index in [4.69, 9.17) is 5.73 Å². The SMILES string of the molecule is CCN1CCCC(N)CC1. The summed E-state index contributed by atoms with van der Waals surface area (Å²) >= 11 is 0. The molecule has 0 aromatic heterocycles. The second kappa shape index (κ2) is 3.94. The molecular weight excluding hydrogens is 124 g/mol. The molecule has 0 bridgehead atoms. The minimum Gasteiger partial charge on any atom is -0.328 e. The molecule has 1 aliphatic rings. The smallest absolute Gasteiger partial charge is 0.00514 e. The van der Waals surface area contributed by atoms with Crippen LogP contribution < -0.4 is 5.73 Å². The Morgan fingerprint density at radius 1 is 1.40 bits per heavy atom. The molecule has 1 saturated heterocycles. The van der Waals surface area contributed by atoms with Crippen molar-refractivity contribution >= 4 is 0 Å². The fourth-order valence-corrected chi connectivity index (χ4v) is 1.50. The van der Waals surface area contributed by atoms with Crippen LogP contribution in [0.25, 0.3) is 0 Å². The van der Waals surface area contributed by atoms with Gasteiger partial charge >= 0.3 is 0 Å². The summed E-state index contributed by atoms with van der Waals surface area (Å²) in [5, 5.41) is 0. The lowest BCUT2D eigenvalue weighted by molar-refractivity contribution is 0.299. The minimum absolute atomic E-state index is 0.469. The third-order valence-corrected chi connectivity index (χ3v) is 2.31. The van der Waals surface area contributed by atoms with Crippen LogP contribution in [0.1, 0.15) is 26.2 Å². The molecule has 2 nitrogen and oxygen atoms in total. The number of likely N-dealkylation sites (tertiary alicyclic amines) is 1. The zero-order chi connectivity index (χ0) is 7.40. The minimum atomic E-state index is 0.469. The molecule has 0 spiro atoms. The van der Waals surface area contributed by atoms with Gasteiger partial charge < -0.3 is 10.6 Å². The Morgan fingerprint density at radius 3 is 2.90 bits per heavy atom. The molecule has 0 saturated carbocycles. The molecular formula is C8H18N2. The molecule has 0 radical (unpaired) electrons. The number of nitrogens with zero attached hydrogens (tertiary/aromatic N) is 1. The molecule has 1 aliphatic heterocycles. The average molecular weight is 142 g/mol. The first-order chi connectivity index (χ1) is 4.83. The van der Waals surface area contributed by atoms with Crippen molar-refractivity contribution in [2.24, 2.45) is 5.73 Å². The Bertz CT molecular complexity index is 93.3. The van der Waals surface area contributed by atoms with Crippen molar-refractivity contribution < 1.29 is 0 Å². The molecule has 0 aromatic carbocycles. The van der Waals surface area contributed by atoms with Gasteiger partial charge in [0.2, 0.25) is 0 Å². The summed E-state index contributed by atoms with van der Waals surface area (Å²) < 4.78 is 0. The highest BCUT2D eigenvalue weighted by atomic mass is 15.1. The molecule has 1 heterocycles. The quantitative estimate of drug-likeness (QED) is 0.587. The normalized spacial score (nSPS) is 30.0. The summed E-state index contributed by atoms with van der Waals surface area (Å²) in [5.74, 6) is 0. The van der Waals surface area contributed by atoms with Gasteiger partial charge in [0.1, 0.15) is 0 Å². The van der Waals surface area contributed by atoms with E-state index in [1.54, 1.807) is 0 Å². The highest BCUT2D eigenvalue weighted by molar-refractivity contribution is 4.70. The monoisotopic (exact) mass is 142 g/mol. The number of nitrogens with two attached hydrogens (primary N) is 1. The molecule has 2 heteroatoms. The van der Waals surface area contributed by atoms with Crippen LogP contribution in [0.5, 0.6) is 0 Å². The molecule has 0 aliphatic carbocycles. The summed E-state index contributed by atoms with van der Waals surface area (Å²) in [6.07, 6.45) is 3.69. The molecule has 2 N–H and O–H groups in total. The van der Waals surface area contributed by atoms with Gasteiger partial charge in [-0.1, -0.05) is 6.92 Å². The number of rotatable bonds is 1. The molecule has 60 valence electrons. The lowest BCUT2D eigenvalue weighted by Crippen LogP contribution is -2.26. The van der Waals surface area contributed by atoms with E-state index in [0.717, 1.165) is 0 Å². The predicted octanol–water partition coefficient (Wildman–Crippen LogP) is 0.820. The summed E-state index contributed by atoms with van der Waals surface area (Å²) in [5.41, 5.74) is 5.82. The van der Waals surface area contributed by atoms with Crippen LogP contribution in [0, 0.1) is 0 Å². The van der Waals surface area contributed by atoms with Gasteiger partial charge in [0, 0.05) is 6.04 Å². The predicted molar refractivity (Wildman–Crippen MR) is 43.9 cm³/mol. The fraction of sp³-hybridized carbons (Fsp3) is 1.00. The first-order valence-corrected chi connectivity index (χ1v) is 4.31. The van der Waals surface area contributed by atoms with Crippen LogP contribution in [-0.2, 0) is 0 Å². The molecule has 1 fully saturated rings. The zero-order valence-corrected chi connectivity index (χ0v) is 6.84. The van der Waals surface area contributed by atoms with Crippen molar-refractivity contribution in [2.75, 3.05) is 19.6 Å². The number of hydrogen-bond acceptors (Lipinski definition) is 2. The van der Waals surface area contributed by atoms with Gasteiger partial charge in [0.25, 0.3) is 0 Å². The summed E-state index contributed by atoms with van der Waals surface area (Å²) in [6.45, 7) is 5.87. The Morgan fingerprint density at radius 2 is 2.20 bits per heavy atom. The first-order valence-electron chi connectivity index (χ1n) is 4.31. The Kier molecular flexibility index (Phi) is 3.16. The highest BCUT2D eigenvalue weighted by Crippen LogP contribution is 2.07. The first kappa shape index (κ1) is 8.02. The fourth-order valence-electron chi connectivity index (χ4n) is 1.50. The lowest BCUT2D eigenvalue weighted by atomic mass is 10.1. The third kappa shape index (κ3) is 2.27. The summed E-state index contributed by atoms with van der Waals surface area (Å²) in [4.78, 5) is 2.48. The second-order valence-corrected chi connectivity index (χ2v) is 3.13. The van der Waals surface area contributed by atoms with Crippen LogP contribution in [0.2, 0.25) is 0 Å². The van der Waals surface area contributed by atoms with Crippen LogP contribution in [-0.4, -0.2) is 30.6 Å². The topological polar surface area (TPSA) is 29.3 Å². The molecule has 1 rings (SSSR count). The maximum atomic E-state index is 5.82. The maximum Gasteiger partial charge on any atom is 0.00514 e. The number of hydrogen-bond donors (Lipinski definition) is 1. The van der Waals surface area contributed by atoms with E-state index in [2.05, 4.69) is 11.8 Å². The largest absolute Gasteiger partial charge is 0.328 e. The maximum absolute atomic E-state index is 5.82. The van der Waals surface area contributed by atoms with E-state index in [-0.39, 0.29) is 0 Å². The van der Waals surface area contributed by atoms with Gasteiger partial charge in [-0.3, -0.25) is 0 Å². The Balaban J connectivity index is 2.26. The van der Waals surface area contributed by atoms with Gasteiger partial charge in [0.05, 0.1) is 0 Å². The molecule has 0 amide bonds. The van der Waals surface area contributed by atoms with Gasteiger partial charge in [-0.25, -0.2) is 0 Å². The van der Waals surface area contributed by atoms with E-state index < -0.39 is 0 Å². The average Bonchev–Trinajstić information content (AvgIpc) is 2.14. The summed E-state index contributed by atoms with van der Waals surface area (Å²) in [7, 11) is 0. The lowest BCUT2D eigenvalue weighted by Gasteiger charge is -2.16. The van der Waals surface area contributed by atoms with Gasteiger partial charge in [0.15, 0.2) is 0 Å². The van der Waals surface area contributed by atoms with Gasteiger partial charge in [-0.2, -0.15) is 0 Å². The standard InChI is InChI=1S/C8H18N2/c1-2-10-6-3-4-8(9)5-7-10/h8H,2-7,9H2,1H3. The van der Waals surface area contributed by atoms with Gasteiger partial charge in [-0.05, 0) is 38.9 Å². The van der Waals surface area contributed by atoms with E-state index in [1.807, 2.05) is 0 Å². The van der Waals surface area contributed by atoms with Crippen LogP contribution >= 0.6 is 0 Å². The van der Waals surface area contributed by atoms with Gasteiger partial charge in [-0.15, -0.1) is 0 Å². The van der Waals surface area contributed by atoms with E-state index in [9.17, 15) is 0 Å². The molecule has 0 aromatic rings. The van der Waals surface area contributed by atoms with E-state index >= 15 is 0 Å². The summed E-state index contributed by atoms with van der Waals surface area (Å²) in [6, 6.07) is 0.469. The van der Waals surface area contributed by atoms with Crippen molar-refractivity contribution in [3.8, 4) is 0 Å². The van der Waals surface area contributed by atoms with Crippen LogP contribution in [0.4, 0.5) is 0 Å². The van der Waals surface area contributed by atoms with Crippen molar-refractivity contribution in [3.63, 3.8) is 0 Å². The van der Waals surface area contributed by atoms with Crippen molar-refractivity contribution in [2.45, 2.75) is 32.2 Å². The zero-order valence-electron chi connectivity index (χ0n) is 6.84. The second-order valence-electron chi connectivity index (χ2n) is 3.13. The molecule has 10 heavy (non-hydrogen) atoms. The Hall–Kier alpha value is -0.0800. The van der Waals surface area contributed by atoms with E-state index in [0.29, 0.717) is 6.04 Å². The molecule has 1 unspecified atom stereocenters. The van der Waals surface area contributed by atoms with E-state index in [1.165, 1.54) is 38.9 Å².